The first kappa shape index (κ1) is 22.9. The molecule has 0 unspecified atom stereocenters. The monoisotopic (exact) mass is 557 g/mol. The van der Waals surface area contributed by atoms with Gasteiger partial charge >= 0.3 is 37.1 Å². The predicted octanol–water partition coefficient (Wildman–Crippen LogP) is 3.13. The molecule has 8 heteroatoms. The summed E-state index contributed by atoms with van der Waals surface area (Å²) in [7, 11) is 1.60. The Balaban J connectivity index is 0.00000529. The van der Waals surface area contributed by atoms with Gasteiger partial charge in [-0.15, -0.1) is 11.9 Å². The van der Waals surface area contributed by atoms with Crippen LogP contribution in [0.5, 0.6) is 0 Å². The van der Waals surface area contributed by atoms with E-state index in [1.165, 1.54) is 17.5 Å². The van der Waals surface area contributed by atoms with Gasteiger partial charge in [0.2, 0.25) is 6.41 Å². The number of urea groups is 1. The molecule has 3 amide bonds. The van der Waals surface area contributed by atoms with Crippen LogP contribution in [0.2, 0.25) is 0 Å². The van der Waals surface area contributed by atoms with Gasteiger partial charge < -0.3 is 28.6 Å². The number of likely N-dealkylation sites (N-methyl/N-ethyl adjacent to an activating group) is 1. The Kier molecular flexibility index (Phi) is 11.7. The Bertz CT molecular complexity index is 475. The molecule has 0 atom stereocenters. The molecule has 24 heavy (non-hydrogen) atoms. The van der Waals surface area contributed by atoms with Gasteiger partial charge in [-0.3, -0.25) is 10.5 Å². The maximum absolute atomic E-state index is 12.5. The molecule has 0 aliphatic heterocycles. The molecule has 0 spiro atoms. The third-order valence-electron chi connectivity index (χ3n) is 3.93. The summed E-state index contributed by atoms with van der Waals surface area (Å²) in [6.45, 7) is 9.53. The van der Waals surface area contributed by atoms with Crippen LogP contribution < -0.4 is 0 Å². The summed E-state index contributed by atoms with van der Waals surface area (Å²) in [5.74, 6) is 0. The van der Waals surface area contributed by atoms with Crippen LogP contribution in [0, 0.1) is 43.8 Å². The molecule has 0 aromatic rings. The Labute approximate surface area is 168 Å². The molecule has 1 rings (SSSR count). The van der Waals surface area contributed by atoms with Crippen molar-refractivity contribution >= 4 is 12.4 Å². The fraction of sp³-hybridized carbons (Fsp3) is 0.625. The maximum atomic E-state index is 12.5. The minimum Gasteiger partial charge on any atom is -0.392 e. The zero-order valence-corrected chi connectivity index (χ0v) is 18.8. The molecule has 130 valence electrons. The van der Waals surface area contributed by atoms with Crippen LogP contribution in [0.15, 0.2) is 22.2 Å². The number of carbonyl (C=O) groups excluding carboxylic acids is 2. The van der Waals surface area contributed by atoms with Crippen molar-refractivity contribution in [3.8, 4) is 0 Å². The molecule has 1 fully saturated rings. The molecule has 1 aliphatic rings. The fourth-order valence-electron chi connectivity index (χ4n) is 2.68. The van der Waals surface area contributed by atoms with Gasteiger partial charge in [-0.05, 0) is 25.0 Å². The van der Waals surface area contributed by atoms with E-state index in [1.807, 2.05) is 6.92 Å². The van der Waals surface area contributed by atoms with E-state index in [0.29, 0.717) is 18.7 Å². The zero-order chi connectivity index (χ0) is 17.2. The first-order valence-electron chi connectivity index (χ1n) is 7.89. The van der Waals surface area contributed by atoms with Crippen molar-refractivity contribution in [2.24, 2.45) is 10.4 Å². The summed E-state index contributed by atoms with van der Waals surface area (Å²) in [6, 6.07) is -0.289. The molecule has 0 N–H and O–H groups in total. The van der Waals surface area contributed by atoms with E-state index in [-0.39, 0.29) is 37.2 Å². The van der Waals surface area contributed by atoms with Crippen molar-refractivity contribution in [1.29, 1.82) is 0 Å². The topological polar surface area (TPSA) is 68.6 Å². The number of allylic oxidation sites excluding steroid dienone is 2. The second-order valence-electron chi connectivity index (χ2n) is 5.31. The number of hydrogen-bond acceptors (Lipinski definition) is 4. The van der Waals surface area contributed by atoms with Crippen LogP contribution in [0.1, 0.15) is 46.0 Å². The summed E-state index contributed by atoms with van der Waals surface area (Å²) in [5.41, 5.74) is 0.492. The van der Waals surface area contributed by atoms with Crippen molar-refractivity contribution in [2.45, 2.75) is 52.0 Å². The smallest absolute Gasteiger partial charge is 0.392 e. The van der Waals surface area contributed by atoms with Gasteiger partial charge in [0.15, 0.2) is 0 Å². The third kappa shape index (κ3) is 6.41. The number of carbonyl (C=O) groups is 2. The van der Waals surface area contributed by atoms with E-state index in [0.717, 1.165) is 30.7 Å². The largest absolute Gasteiger partial charge is 2.00 e. The molecule has 0 radical (unpaired) electrons. The first-order valence-corrected chi connectivity index (χ1v) is 7.89. The molecular formula is C16H25N5O2U. The van der Waals surface area contributed by atoms with E-state index >= 15 is 0 Å². The quantitative estimate of drug-likeness (QED) is 0.159. The fourth-order valence-corrected chi connectivity index (χ4v) is 2.68. The average Bonchev–Trinajstić information content (AvgIpc) is 2.58. The van der Waals surface area contributed by atoms with E-state index in [1.54, 1.807) is 18.9 Å². The Morgan fingerprint density at radius 2 is 1.92 bits per heavy atom. The number of hydrogen-bond donors (Lipinski definition) is 0. The Morgan fingerprint density at radius 1 is 1.29 bits per heavy atom. The second-order valence-corrected chi connectivity index (χ2v) is 5.31. The summed E-state index contributed by atoms with van der Waals surface area (Å²) in [4.78, 5) is 25.4. The summed E-state index contributed by atoms with van der Waals surface area (Å²) < 4.78 is 0. The van der Waals surface area contributed by atoms with E-state index in [4.69, 9.17) is 6.58 Å². The van der Waals surface area contributed by atoms with Crippen LogP contribution in [0.25, 0.3) is 0 Å². The Morgan fingerprint density at radius 3 is 2.38 bits per heavy atom. The number of nitrogens with zero attached hydrogens (tertiary/aromatic N) is 5. The van der Waals surface area contributed by atoms with Crippen molar-refractivity contribution in [1.82, 2.24) is 14.9 Å². The zero-order valence-electron chi connectivity index (χ0n) is 14.6. The summed E-state index contributed by atoms with van der Waals surface area (Å²) in [5, 5.41) is 9.58. The first-order chi connectivity index (χ1) is 11.1. The maximum Gasteiger partial charge on any atom is 2.00 e. The van der Waals surface area contributed by atoms with Crippen LogP contribution in [-0.4, -0.2) is 47.0 Å². The van der Waals surface area contributed by atoms with Crippen molar-refractivity contribution in [3.05, 3.63) is 24.4 Å². The minimum atomic E-state index is -0.450. The predicted molar refractivity (Wildman–Crippen MR) is 86.5 cm³/mol. The van der Waals surface area contributed by atoms with Gasteiger partial charge in [-0.2, -0.15) is 0 Å². The normalized spacial score (nSPS) is 15.5. The molecule has 0 aromatic heterocycles. The van der Waals surface area contributed by atoms with Gasteiger partial charge in [0.25, 0.3) is 0 Å². The molecule has 1 aliphatic carbocycles. The van der Waals surface area contributed by atoms with E-state index in [2.05, 4.69) is 16.5 Å². The molecule has 0 aromatic carbocycles. The summed E-state index contributed by atoms with van der Waals surface area (Å²) >= 11 is 0. The number of rotatable bonds is 7. The van der Waals surface area contributed by atoms with Gasteiger partial charge in [-0.1, -0.05) is 24.5 Å². The molecular weight excluding hydrogens is 532 g/mol. The molecule has 0 heterocycles. The standard InChI is InChI=1S/C16H25N5O2.U/c1-5-14(6-2)19(4)17-18-21(13-22)16(23)20(7-3)15-11-9-8-10-12-15;/h1,5,13,15H,7-12H2,2-4H3;/q-2;+2/b18-17-;. The molecule has 7 nitrogen and oxygen atoms in total. The van der Waals surface area contributed by atoms with Crippen LogP contribution in [0.4, 0.5) is 4.79 Å². The van der Waals surface area contributed by atoms with E-state index in [9.17, 15) is 9.59 Å². The van der Waals surface area contributed by atoms with Gasteiger partial charge in [0.05, 0.1) is 0 Å². The Hall–Kier alpha value is -1.13. The number of imide groups is 1. The summed E-state index contributed by atoms with van der Waals surface area (Å²) in [6.07, 6.45) is 9.82. The third-order valence-corrected chi connectivity index (χ3v) is 3.93. The van der Waals surface area contributed by atoms with Gasteiger partial charge in [0.1, 0.15) is 0 Å². The van der Waals surface area contributed by atoms with Gasteiger partial charge in [0, 0.05) is 19.6 Å². The van der Waals surface area contributed by atoms with Gasteiger partial charge in [-0.25, -0.2) is 4.79 Å². The average molecular weight is 557 g/mol. The number of amides is 3. The minimum absolute atomic E-state index is 0. The van der Waals surface area contributed by atoms with Crippen LogP contribution >= 0.6 is 0 Å². The molecule has 0 saturated heterocycles. The molecule has 1 saturated carbocycles. The van der Waals surface area contributed by atoms with Crippen molar-refractivity contribution < 1.29 is 40.7 Å². The SMILES string of the molecule is [CH-]=CC(=[C-]C)N(C)/N=N\N(C=O)C(=O)N(CC)C1CCCCC1.[U+2]. The van der Waals surface area contributed by atoms with E-state index < -0.39 is 6.03 Å². The second kappa shape index (κ2) is 12.3. The van der Waals surface area contributed by atoms with Crippen LogP contribution in [-0.2, 0) is 4.79 Å². The van der Waals surface area contributed by atoms with Crippen molar-refractivity contribution in [3.63, 3.8) is 0 Å². The molecule has 0 bridgehead atoms. The van der Waals surface area contributed by atoms with Crippen molar-refractivity contribution in [2.75, 3.05) is 13.6 Å². The van der Waals surface area contributed by atoms with Crippen LogP contribution in [0.3, 0.4) is 0 Å².